The van der Waals surface area contributed by atoms with Crippen LogP contribution >= 0.6 is 22.7 Å². The van der Waals surface area contributed by atoms with Crippen LogP contribution in [-0.4, -0.2) is 48.6 Å². The summed E-state index contributed by atoms with van der Waals surface area (Å²) >= 11 is 2.93. The smallest absolute Gasteiger partial charge is 0.357 e. The average molecular weight is 383 g/mol. The molecule has 0 aliphatic heterocycles. The topological polar surface area (TPSA) is 68.7 Å². The number of ether oxygens (including phenoxy) is 2. The third kappa shape index (κ3) is 6.22. The van der Waals surface area contributed by atoms with Crippen molar-refractivity contribution in [2.45, 2.75) is 26.3 Å². The van der Waals surface area contributed by atoms with Gasteiger partial charge in [-0.1, -0.05) is 6.07 Å². The number of hydrogen-bond donors (Lipinski definition) is 0. The van der Waals surface area contributed by atoms with E-state index in [1.54, 1.807) is 35.7 Å². The monoisotopic (exact) mass is 382 g/mol. The highest BCUT2D eigenvalue weighted by Gasteiger charge is 2.18. The molecule has 1 amide bonds. The maximum Gasteiger partial charge on any atom is 0.357 e. The molecule has 2 rings (SSSR count). The minimum Gasteiger partial charge on any atom is -0.461 e. The minimum atomic E-state index is -0.430. The van der Waals surface area contributed by atoms with Crippen LogP contribution in [0.3, 0.4) is 0 Å². The number of esters is 1. The molecule has 0 N–H and O–H groups in total. The Bertz CT molecular complexity index is 670. The van der Waals surface area contributed by atoms with Crippen LogP contribution in [0.1, 0.15) is 33.7 Å². The lowest BCUT2D eigenvalue weighted by atomic mass is 10.3. The van der Waals surface area contributed by atoms with E-state index in [4.69, 9.17) is 9.47 Å². The molecule has 8 heteroatoms. The quantitative estimate of drug-likeness (QED) is 0.467. The van der Waals surface area contributed by atoms with Gasteiger partial charge in [0.25, 0.3) is 0 Å². The van der Waals surface area contributed by atoms with Crippen molar-refractivity contribution in [2.75, 3.05) is 26.9 Å². The molecular weight excluding hydrogens is 360 g/mol. The van der Waals surface area contributed by atoms with Crippen LogP contribution in [0.5, 0.6) is 0 Å². The molecule has 0 radical (unpaired) electrons. The highest BCUT2D eigenvalue weighted by molar-refractivity contribution is 7.10. The van der Waals surface area contributed by atoms with Crippen LogP contribution in [0, 0.1) is 0 Å². The van der Waals surface area contributed by atoms with E-state index in [9.17, 15) is 9.59 Å². The van der Waals surface area contributed by atoms with E-state index in [0.29, 0.717) is 38.4 Å². The number of nitrogens with zero attached hydrogens (tertiary/aromatic N) is 2. The summed E-state index contributed by atoms with van der Waals surface area (Å²) in [5.41, 5.74) is 0.296. The molecule has 0 aliphatic rings. The molecule has 0 bridgehead atoms. The molecule has 2 aromatic rings. The fraction of sp³-hybridized carbons (Fsp3) is 0.471. The lowest BCUT2D eigenvalue weighted by Crippen LogP contribution is -2.33. The number of thiophene rings is 1. The van der Waals surface area contributed by atoms with Crippen molar-refractivity contribution in [1.82, 2.24) is 9.88 Å². The number of thiazole rings is 1. The van der Waals surface area contributed by atoms with Crippen molar-refractivity contribution in [2.24, 2.45) is 0 Å². The molecule has 2 heterocycles. The van der Waals surface area contributed by atoms with E-state index in [1.807, 2.05) is 17.5 Å². The largest absolute Gasteiger partial charge is 0.461 e. The second-order valence-electron chi connectivity index (χ2n) is 5.26. The normalized spacial score (nSPS) is 10.6. The molecule has 0 aliphatic carbocycles. The summed E-state index contributed by atoms with van der Waals surface area (Å²) in [4.78, 5) is 31.5. The van der Waals surface area contributed by atoms with Crippen LogP contribution in [0.4, 0.5) is 0 Å². The number of carbonyl (C=O) groups excluding carboxylic acids is 2. The van der Waals surface area contributed by atoms with Crippen molar-refractivity contribution in [3.63, 3.8) is 0 Å². The maximum absolute atomic E-state index is 12.6. The molecule has 0 unspecified atom stereocenters. The van der Waals surface area contributed by atoms with Gasteiger partial charge < -0.3 is 14.4 Å². The van der Waals surface area contributed by atoms with Crippen molar-refractivity contribution < 1.29 is 19.1 Å². The number of rotatable bonds is 10. The average Bonchev–Trinajstić information content (AvgIpc) is 3.26. The molecule has 25 heavy (non-hydrogen) atoms. The Kier molecular flexibility index (Phi) is 8.03. The van der Waals surface area contributed by atoms with Gasteiger partial charge in [0.1, 0.15) is 5.01 Å². The number of methoxy groups -OCH3 is 1. The van der Waals surface area contributed by atoms with E-state index in [-0.39, 0.29) is 5.91 Å². The zero-order valence-corrected chi connectivity index (χ0v) is 16.0. The molecule has 2 aromatic heterocycles. The molecule has 136 valence electrons. The number of aromatic nitrogens is 1. The van der Waals surface area contributed by atoms with E-state index < -0.39 is 5.97 Å². The summed E-state index contributed by atoms with van der Waals surface area (Å²) in [5.74, 6) is -0.382. The summed E-state index contributed by atoms with van der Waals surface area (Å²) in [6.07, 6.45) is 1.13. The first kappa shape index (κ1) is 19.6. The lowest BCUT2D eigenvalue weighted by molar-refractivity contribution is -0.131. The first-order valence-electron chi connectivity index (χ1n) is 8.04. The summed E-state index contributed by atoms with van der Waals surface area (Å²) < 4.78 is 10.0. The van der Waals surface area contributed by atoms with Crippen LogP contribution < -0.4 is 0 Å². The third-order valence-electron chi connectivity index (χ3n) is 3.40. The van der Waals surface area contributed by atoms with Gasteiger partial charge >= 0.3 is 5.97 Å². The van der Waals surface area contributed by atoms with Gasteiger partial charge in [-0.15, -0.1) is 22.7 Å². The Labute approximate surface area is 155 Å². The van der Waals surface area contributed by atoms with Gasteiger partial charge in [-0.05, 0) is 24.8 Å². The van der Waals surface area contributed by atoms with E-state index >= 15 is 0 Å². The molecule has 0 aromatic carbocycles. The molecule has 0 saturated heterocycles. The van der Waals surface area contributed by atoms with Crippen LogP contribution in [0.2, 0.25) is 0 Å². The first-order chi connectivity index (χ1) is 12.1. The SMILES string of the molecule is CCOC(=O)c1csc(CN(CCCOC)C(=O)Cc2cccs2)n1. The van der Waals surface area contributed by atoms with Crippen molar-refractivity contribution in [3.05, 3.63) is 38.5 Å². The number of carbonyl (C=O) groups is 2. The Morgan fingerprint density at radius 3 is 2.84 bits per heavy atom. The standard InChI is InChI=1S/C17H22N2O4S2/c1-3-23-17(21)14-12-25-15(18-14)11-19(7-5-8-22-2)16(20)10-13-6-4-9-24-13/h4,6,9,12H,3,5,7-8,10-11H2,1-2H3. The van der Waals surface area contributed by atoms with Crippen LogP contribution in [0.15, 0.2) is 22.9 Å². The minimum absolute atomic E-state index is 0.0476. The van der Waals surface area contributed by atoms with Crippen LogP contribution in [0.25, 0.3) is 0 Å². The summed E-state index contributed by atoms with van der Waals surface area (Å²) in [6, 6.07) is 3.90. The van der Waals surface area contributed by atoms with Gasteiger partial charge in [0, 0.05) is 30.5 Å². The second kappa shape index (κ2) is 10.3. The molecular formula is C17H22N2O4S2. The van der Waals surface area contributed by atoms with Gasteiger partial charge in [0.15, 0.2) is 5.69 Å². The van der Waals surface area contributed by atoms with E-state index in [2.05, 4.69) is 4.98 Å². The zero-order chi connectivity index (χ0) is 18.1. The van der Waals surface area contributed by atoms with Gasteiger partial charge in [-0.2, -0.15) is 0 Å². The number of amides is 1. The number of hydrogen-bond acceptors (Lipinski definition) is 7. The van der Waals surface area contributed by atoms with E-state index in [0.717, 1.165) is 16.3 Å². The van der Waals surface area contributed by atoms with Crippen molar-refractivity contribution in [3.8, 4) is 0 Å². The molecule has 0 atom stereocenters. The van der Waals surface area contributed by atoms with Crippen molar-refractivity contribution >= 4 is 34.6 Å². The fourth-order valence-electron chi connectivity index (χ4n) is 2.21. The predicted molar refractivity (Wildman–Crippen MR) is 98.0 cm³/mol. The molecule has 0 fully saturated rings. The van der Waals surface area contributed by atoms with Gasteiger partial charge in [0.2, 0.25) is 5.91 Å². The summed E-state index contributed by atoms with van der Waals surface area (Å²) in [7, 11) is 1.64. The van der Waals surface area contributed by atoms with Crippen molar-refractivity contribution in [1.29, 1.82) is 0 Å². The second-order valence-corrected chi connectivity index (χ2v) is 7.24. The first-order valence-corrected chi connectivity index (χ1v) is 9.80. The zero-order valence-electron chi connectivity index (χ0n) is 14.4. The van der Waals surface area contributed by atoms with E-state index in [1.165, 1.54) is 11.3 Å². The molecule has 0 saturated carbocycles. The Hall–Kier alpha value is -1.77. The predicted octanol–water partition coefficient (Wildman–Crippen LogP) is 2.99. The Balaban J connectivity index is 2.02. The third-order valence-corrected chi connectivity index (χ3v) is 5.11. The Morgan fingerprint density at radius 1 is 1.32 bits per heavy atom. The van der Waals surface area contributed by atoms with Gasteiger partial charge in [-0.25, -0.2) is 9.78 Å². The maximum atomic E-state index is 12.6. The highest BCUT2D eigenvalue weighted by atomic mass is 32.1. The summed E-state index contributed by atoms with van der Waals surface area (Å²) in [6.45, 7) is 3.64. The summed E-state index contributed by atoms with van der Waals surface area (Å²) in [5, 5.41) is 4.36. The van der Waals surface area contributed by atoms with Crippen LogP contribution in [-0.2, 0) is 27.2 Å². The Morgan fingerprint density at radius 2 is 2.16 bits per heavy atom. The highest BCUT2D eigenvalue weighted by Crippen LogP contribution is 2.16. The van der Waals surface area contributed by atoms with Gasteiger partial charge in [-0.3, -0.25) is 4.79 Å². The fourth-order valence-corrected chi connectivity index (χ4v) is 3.69. The lowest BCUT2D eigenvalue weighted by Gasteiger charge is -2.21. The van der Waals surface area contributed by atoms with Gasteiger partial charge in [0.05, 0.1) is 19.6 Å². The molecule has 0 spiro atoms. The molecule has 6 nitrogen and oxygen atoms in total.